The first-order valence-electron chi connectivity index (χ1n) is 5.31. The summed E-state index contributed by atoms with van der Waals surface area (Å²) in [5.41, 5.74) is 0.434. The minimum atomic E-state index is -0.466. The third-order valence-electron chi connectivity index (χ3n) is 2.50. The fourth-order valence-electron chi connectivity index (χ4n) is 1.54. The second-order valence-electron chi connectivity index (χ2n) is 3.95. The lowest BCUT2D eigenvalue weighted by Crippen LogP contribution is -2.02. The Bertz CT molecular complexity index is 534. The maximum absolute atomic E-state index is 13.5. The third-order valence-corrected chi connectivity index (χ3v) is 2.50. The quantitative estimate of drug-likeness (QED) is 0.878. The van der Waals surface area contributed by atoms with Crippen molar-refractivity contribution in [3.63, 3.8) is 0 Å². The van der Waals surface area contributed by atoms with Gasteiger partial charge in [0.15, 0.2) is 0 Å². The number of hydrogen-bond donors (Lipinski definition) is 1. The van der Waals surface area contributed by atoms with Crippen molar-refractivity contribution in [2.24, 2.45) is 0 Å². The molecule has 0 radical (unpaired) electrons. The van der Waals surface area contributed by atoms with E-state index in [2.05, 4.69) is 5.32 Å². The second-order valence-corrected chi connectivity index (χ2v) is 3.95. The van der Waals surface area contributed by atoms with E-state index >= 15 is 0 Å². The van der Waals surface area contributed by atoms with Gasteiger partial charge in [-0.05, 0) is 37.6 Å². The fraction of sp³-hybridized carbons (Fsp3) is 0.231. The molecule has 17 heavy (non-hydrogen) atoms. The van der Waals surface area contributed by atoms with Gasteiger partial charge in [0, 0.05) is 6.07 Å². The normalized spacial score (nSPS) is 10.6. The largest absolute Gasteiger partial charge is 0.465 e. The fourth-order valence-corrected chi connectivity index (χ4v) is 1.54. The minimum absolute atomic E-state index is 0.141. The SMILES string of the molecule is Cc1ccc(CNc2cc(F)c(C)cc2F)o1. The van der Waals surface area contributed by atoms with Crippen LogP contribution in [0, 0.1) is 25.5 Å². The number of anilines is 1. The molecule has 0 saturated carbocycles. The molecule has 2 nitrogen and oxygen atoms in total. The Balaban J connectivity index is 2.11. The molecular weight excluding hydrogens is 224 g/mol. The Morgan fingerprint density at radius 2 is 1.88 bits per heavy atom. The number of furan rings is 1. The average Bonchev–Trinajstić information content (AvgIpc) is 2.68. The Hall–Kier alpha value is -1.84. The summed E-state index contributed by atoms with van der Waals surface area (Å²) < 4.78 is 32.1. The molecule has 2 rings (SSSR count). The molecule has 90 valence electrons. The zero-order chi connectivity index (χ0) is 12.4. The van der Waals surface area contributed by atoms with Crippen molar-refractivity contribution in [3.8, 4) is 0 Å². The smallest absolute Gasteiger partial charge is 0.146 e. The van der Waals surface area contributed by atoms with E-state index in [1.807, 2.05) is 13.0 Å². The van der Waals surface area contributed by atoms with Crippen LogP contribution in [0.2, 0.25) is 0 Å². The van der Waals surface area contributed by atoms with E-state index in [-0.39, 0.29) is 5.69 Å². The Kier molecular flexibility index (Phi) is 3.13. The van der Waals surface area contributed by atoms with Gasteiger partial charge in [0.2, 0.25) is 0 Å². The molecule has 0 aliphatic heterocycles. The monoisotopic (exact) mass is 237 g/mol. The van der Waals surface area contributed by atoms with Crippen LogP contribution in [0.4, 0.5) is 14.5 Å². The molecular formula is C13H13F2NO. The number of hydrogen-bond acceptors (Lipinski definition) is 2. The second kappa shape index (κ2) is 4.57. The molecule has 0 saturated heterocycles. The first kappa shape index (κ1) is 11.6. The van der Waals surface area contributed by atoms with Gasteiger partial charge in [-0.15, -0.1) is 0 Å². The van der Waals surface area contributed by atoms with E-state index in [1.165, 1.54) is 13.0 Å². The molecule has 1 aromatic heterocycles. The number of rotatable bonds is 3. The molecule has 1 heterocycles. The summed E-state index contributed by atoms with van der Waals surface area (Å²) >= 11 is 0. The maximum atomic E-state index is 13.5. The summed E-state index contributed by atoms with van der Waals surface area (Å²) in [4.78, 5) is 0. The third kappa shape index (κ3) is 2.64. The lowest BCUT2D eigenvalue weighted by Gasteiger charge is -2.07. The van der Waals surface area contributed by atoms with Crippen molar-refractivity contribution in [1.29, 1.82) is 0 Å². The topological polar surface area (TPSA) is 25.2 Å². The molecule has 0 bridgehead atoms. The molecule has 0 fully saturated rings. The van der Waals surface area contributed by atoms with Crippen molar-refractivity contribution >= 4 is 5.69 Å². The van der Waals surface area contributed by atoms with Gasteiger partial charge in [-0.3, -0.25) is 0 Å². The van der Waals surface area contributed by atoms with Crippen molar-refractivity contribution in [2.45, 2.75) is 20.4 Å². The highest BCUT2D eigenvalue weighted by molar-refractivity contribution is 5.47. The Morgan fingerprint density at radius 3 is 2.53 bits per heavy atom. The van der Waals surface area contributed by atoms with Crippen molar-refractivity contribution in [2.75, 3.05) is 5.32 Å². The highest BCUT2D eigenvalue weighted by atomic mass is 19.1. The van der Waals surface area contributed by atoms with Crippen LogP contribution in [0.5, 0.6) is 0 Å². The Morgan fingerprint density at radius 1 is 1.12 bits per heavy atom. The molecule has 0 aliphatic rings. The van der Waals surface area contributed by atoms with Crippen LogP contribution >= 0.6 is 0 Å². The van der Waals surface area contributed by atoms with Crippen LogP contribution in [-0.4, -0.2) is 0 Å². The lowest BCUT2D eigenvalue weighted by atomic mass is 10.2. The van der Waals surface area contributed by atoms with Gasteiger partial charge < -0.3 is 9.73 Å². The van der Waals surface area contributed by atoms with E-state index in [1.54, 1.807) is 6.07 Å². The predicted octanol–water partition coefficient (Wildman–Crippen LogP) is 3.79. The summed E-state index contributed by atoms with van der Waals surface area (Å²) in [5.74, 6) is 0.581. The van der Waals surface area contributed by atoms with Crippen LogP contribution in [0.15, 0.2) is 28.7 Å². The molecule has 0 aliphatic carbocycles. The van der Waals surface area contributed by atoms with Crippen LogP contribution in [0.25, 0.3) is 0 Å². The molecule has 0 atom stereocenters. The molecule has 0 unspecified atom stereocenters. The summed E-state index contributed by atoms with van der Waals surface area (Å²) in [6.45, 7) is 3.68. The van der Waals surface area contributed by atoms with E-state index in [9.17, 15) is 8.78 Å². The van der Waals surface area contributed by atoms with Crippen LogP contribution in [0.3, 0.4) is 0 Å². The van der Waals surface area contributed by atoms with Gasteiger partial charge in [-0.2, -0.15) is 0 Å². The van der Waals surface area contributed by atoms with Gasteiger partial charge in [-0.25, -0.2) is 8.78 Å². The van der Waals surface area contributed by atoms with Gasteiger partial charge >= 0.3 is 0 Å². The van der Waals surface area contributed by atoms with Gasteiger partial charge in [0.25, 0.3) is 0 Å². The van der Waals surface area contributed by atoms with Crippen molar-refractivity contribution in [3.05, 3.63) is 53.0 Å². The lowest BCUT2D eigenvalue weighted by molar-refractivity contribution is 0.490. The van der Waals surface area contributed by atoms with Gasteiger partial charge in [0.1, 0.15) is 23.2 Å². The molecule has 0 spiro atoms. The number of halogens is 2. The summed E-state index contributed by atoms with van der Waals surface area (Å²) in [6, 6.07) is 5.94. The van der Waals surface area contributed by atoms with Crippen LogP contribution < -0.4 is 5.32 Å². The molecule has 1 N–H and O–H groups in total. The average molecular weight is 237 g/mol. The van der Waals surface area contributed by atoms with Gasteiger partial charge in [-0.1, -0.05) is 0 Å². The van der Waals surface area contributed by atoms with E-state index < -0.39 is 11.6 Å². The standard InChI is InChI=1S/C13H13F2NO/c1-8-5-12(15)13(6-11(8)14)16-7-10-4-3-9(2)17-10/h3-6,16H,7H2,1-2H3. The number of benzene rings is 1. The minimum Gasteiger partial charge on any atom is -0.465 e. The first-order valence-corrected chi connectivity index (χ1v) is 5.31. The number of nitrogens with one attached hydrogen (secondary N) is 1. The van der Waals surface area contributed by atoms with E-state index in [4.69, 9.17) is 4.42 Å². The van der Waals surface area contributed by atoms with Crippen molar-refractivity contribution < 1.29 is 13.2 Å². The Labute approximate surface area is 98.3 Å². The summed E-state index contributed by atoms with van der Waals surface area (Å²) in [5, 5.41) is 2.80. The maximum Gasteiger partial charge on any atom is 0.146 e. The molecule has 1 aromatic carbocycles. The predicted molar refractivity (Wildman–Crippen MR) is 61.9 cm³/mol. The summed E-state index contributed by atoms with van der Waals surface area (Å²) in [7, 11) is 0. The van der Waals surface area contributed by atoms with Crippen molar-refractivity contribution in [1.82, 2.24) is 0 Å². The molecule has 2 aromatic rings. The summed E-state index contributed by atoms with van der Waals surface area (Å²) in [6.07, 6.45) is 0. The van der Waals surface area contributed by atoms with Crippen LogP contribution in [-0.2, 0) is 6.54 Å². The highest BCUT2D eigenvalue weighted by Crippen LogP contribution is 2.19. The van der Waals surface area contributed by atoms with E-state index in [0.717, 1.165) is 11.8 Å². The van der Waals surface area contributed by atoms with E-state index in [0.29, 0.717) is 17.9 Å². The molecule has 0 amide bonds. The number of aryl methyl sites for hydroxylation is 2. The van der Waals surface area contributed by atoms with Gasteiger partial charge in [0.05, 0.1) is 12.2 Å². The molecule has 4 heteroatoms. The zero-order valence-corrected chi connectivity index (χ0v) is 9.68. The first-order chi connectivity index (χ1) is 8.06. The zero-order valence-electron chi connectivity index (χ0n) is 9.68. The highest BCUT2D eigenvalue weighted by Gasteiger charge is 2.07. The van der Waals surface area contributed by atoms with Crippen LogP contribution in [0.1, 0.15) is 17.1 Å².